The fourth-order valence-electron chi connectivity index (χ4n) is 9.19. The molecule has 0 bridgehead atoms. The second-order valence-electron chi connectivity index (χ2n) is 23.5. The molecule has 0 aromatic heterocycles. The number of hydrogen-bond donors (Lipinski definition) is 3. The standard InChI is InChI=1S/C73H127N2O6P/c1-6-8-10-12-14-16-18-20-22-24-26-28-30-32-33-34-35-36-37-38-39-40-41-43-45-47-49-51-53-55-57-59-61-63-65-67-73(77)74-71(70-81-82(78,79)80-69-68-75(3,4)5)72(76)66-64-62-60-58-56-54-52-50-48-46-44-42-31-29-27-25-23-21-19-17-15-13-11-9-7-2/h8,10,14,16,20,22,26,28,32-33,35-36,38-39,41,43,47,49,53,55,64,66,71-72,76H,6-7,9,11-13,15,17-19,21,23-25,27,29-31,34,37,40,42,44-46,48,50-52,54,56-63,65,67-70H2,1-5H3,(H-,74,77,78,79)/p+1/b10-8-,16-14-,22-20-,28-26-,33-32-,36-35-,39-38-,43-41-,49-47-,55-53-,66-64+. The highest BCUT2D eigenvalue weighted by molar-refractivity contribution is 7.47. The molecule has 82 heavy (non-hydrogen) atoms. The van der Waals surface area contributed by atoms with Crippen LogP contribution in [0.4, 0.5) is 0 Å². The number of phosphoric ester groups is 1. The minimum absolute atomic E-state index is 0.0494. The van der Waals surface area contributed by atoms with Gasteiger partial charge in [0, 0.05) is 6.42 Å². The van der Waals surface area contributed by atoms with E-state index in [1.165, 1.54) is 135 Å². The number of phosphoric acid groups is 1. The summed E-state index contributed by atoms with van der Waals surface area (Å²) in [5.41, 5.74) is 0. The number of carbonyl (C=O) groups is 1. The lowest BCUT2D eigenvalue weighted by atomic mass is 10.0. The first-order valence-electron chi connectivity index (χ1n) is 33.6. The van der Waals surface area contributed by atoms with Crippen LogP contribution in [0.3, 0.4) is 0 Å². The summed E-state index contributed by atoms with van der Waals surface area (Å²) in [5.74, 6) is -0.204. The number of rotatable bonds is 60. The van der Waals surface area contributed by atoms with Crippen molar-refractivity contribution in [2.45, 2.75) is 283 Å². The van der Waals surface area contributed by atoms with Crippen molar-refractivity contribution < 1.29 is 32.9 Å². The molecule has 3 N–H and O–H groups in total. The van der Waals surface area contributed by atoms with Crippen molar-refractivity contribution in [2.24, 2.45) is 0 Å². The molecule has 0 fully saturated rings. The molecule has 0 radical (unpaired) electrons. The molecule has 0 aromatic carbocycles. The molecular weight excluding hydrogens is 1030 g/mol. The fourth-order valence-corrected chi connectivity index (χ4v) is 9.92. The molecular formula is C73H128N2O6P+. The molecule has 0 saturated heterocycles. The van der Waals surface area contributed by atoms with Gasteiger partial charge in [-0.25, -0.2) is 4.57 Å². The van der Waals surface area contributed by atoms with Gasteiger partial charge in [0.15, 0.2) is 0 Å². The third kappa shape index (κ3) is 64.2. The topological polar surface area (TPSA) is 105 Å². The third-order valence-corrected chi connectivity index (χ3v) is 15.4. The van der Waals surface area contributed by atoms with E-state index in [1.54, 1.807) is 6.08 Å². The van der Waals surface area contributed by atoms with E-state index in [0.29, 0.717) is 17.4 Å². The van der Waals surface area contributed by atoms with Gasteiger partial charge in [-0.15, -0.1) is 0 Å². The second kappa shape index (κ2) is 62.2. The molecule has 0 aromatic rings. The lowest BCUT2D eigenvalue weighted by molar-refractivity contribution is -0.870. The molecule has 0 rings (SSSR count). The van der Waals surface area contributed by atoms with E-state index in [0.717, 1.165) is 116 Å². The predicted molar refractivity (Wildman–Crippen MR) is 359 cm³/mol. The second-order valence-corrected chi connectivity index (χ2v) is 24.9. The van der Waals surface area contributed by atoms with Crippen molar-refractivity contribution in [1.29, 1.82) is 0 Å². The molecule has 3 unspecified atom stereocenters. The molecule has 0 spiro atoms. The number of amides is 1. The summed E-state index contributed by atoms with van der Waals surface area (Å²) in [7, 11) is 1.54. The van der Waals surface area contributed by atoms with Crippen LogP contribution in [-0.4, -0.2) is 73.4 Å². The lowest BCUT2D eigenvalue weighted by Gasteiger charge is -2.25. The summed E-state index contributed by atoms with van der Waals surface area (Å²) in [5, 5.41) is 14.0. The van der Waals surface area contributed by atoms with Crippen molar-refractivity contribution in [3.63, 3.8) is 0 Å². The van der Waals surface area contributed by atoms with Crippen LogP contribution in [0.2, 0.25) is 0 Å². The van der Waals surface area contributed by atoms with Gasteiger partial charge in [0.2, 0.25) is 5.91 Å². The average molecular weight is 1160 g/mol. The summed E-state index contributed by atoms with van der Waals surface area (Å²) < 4.78 is 23.8. The van der Waals surface area contributed by atoms with Crippen molar-refractivity contribution in [3.8, 4) is 0 Å². The summed E-state index contributed by atoms with van der Waals surface area (Å²) in [4.78, 5) is 23.4. The number of carbonyl (C=O) groups excluding carboxylic acids is 1. The number of nitrogens with one attached hydrogen (secondary N) is 1. The summed E-state index contributed by atoms with van der Waals surface area (Å²) in [6.45, 7) is 4.69. The minimum atomic E-state index is -4.37. The maximum atomic E-state index is 13.0. The highest BCUT2D eigenvalue weighted by atomic mass is 31.2. The number of aliphatic hydroxyl groups is 1. The monoisotopic (exact) mass is 1160 g/mol. The van der Waals surface area contributed by atoms with E-state index in [-0.39, 0.29) is 19.1 Å². The highest BCUT2D eigenvalue weighted by Gasteiger charge is 2.28. The van der Waals surface area contributed by atoms with E-state index in [9.17, 15) is 19.4 Å². The molecule has 0 aliphatic rings. The van der Waals surface area contributed by atoms with Gasteiger partial charge in [-0.05, 0) is 96.3 Å². The summed E-state index contributed by atoms with van der Waals surface area (Å²) in [6.07, 6.45) is 94.3. The summed E-state index contributed by atoms with van der Waals surface area (Å²) >= 11 is 0. The average Bonchev–Trinajstić information content (AvgIpc) is 3.45. The molecule has 0 heterocycles. The Morgan fingerprint density at radius 2 is 0.732 bits per heavy atom. The van der Waals surface area contributed by atoms with E-state index in [4.69, 9.17) is 9.05 Å². The molecule has 3 atom stereocenters. The van der Waals surface area contributed by atoms with Gasteiger partial charge in [-0.1, -0.05) is 302 Å². The van der Waals surface area contributed by atoms with Gasteiger partial charge in [-0.2, -0.15) is 0 Å². The zero-order valence-corrected chi connectivity index (χ0v) is 54.6. The smallest absolute Gasteiger partial charge is 0.387 e. The molecule has 0 aliphatic heterocycles. The molecule has 9 heteroatoms. The zero-order chi connectivity index (χ0) is 59.8. The zero-order valence-electron chi connectivity index (χ0n) is 53.7. The number of quaternary nitrogens is 1. The van der Waals surface area contributed by atoms with Gasteiger partial charge in [0.1, 0.15) is 13.2 Å². The van der Waals surface area contributed by atoms with E-state index in [1.807, 2.05) is 27.2 Å². The van der Waals surface area contributed by atoms with Crippen LogP contribution in [-0.2, 0) is 18.4 Å². The summed E-state index contributed by atoms with van der Waals surface area (Å²) in [6, 6.07) is -0.872. The Labute approximate surface area is 506 Å². The van der Waals surface area contributed by atoms with Crippen LogP contribution < -0.4 is 5.32 Å². The van der Waals surface area contributed by atoms with E-state index >= 15 is 0 Å². The Morgan fingerprint density at radius 3 is 1.07 bits per heavy atom. The van der Waals surface area contributed by atoms with Crippen LogP contribution in [0, 0.1) is 0 Å². The van der Waals surface area contributed by atoms with E-state index in [2.05, 4.69) is 141 Å². The fraction of sp³-hybridized carbons (Fsp3) is 0.685. The van der Waals surface area contributed by atoms with Gasteiger partial charge in [-0.3, -0.25) is 13.8 Å². The van der Waals surface area contributed by atoms with Crippen molar-refractivity contribution >= 4 is 13.7 Å². The lowest BCUT2D eigenvalue weighted by Crippen LogP contribution is -2.45. The number of allylic oxidation sites excluding steroid dienone is 21. The van der Waals surface area contributed by atoms with Crippen LogP contribution in [0.25, 0.3) is 0 Å². The molecule has 1 amide bonds. The Kier molecular flexibility index (Phi) is 59.6. The van der Waals surface area contributed by atoms with Gasteiger partial charge in [0.25, 0.3) is 0 Å². The number of likely N-dealkylation sites (N-methyl/N-ethyl adjacent to an activating group) is 1. The number of unbranched alkanes of at least 4 members (excludes halogenated alkanes) is 27. The third-order valence-electron chi connectivity index (χ3n) is 14.4. The first kappa shape index (κ1) is 78.6. The number of nitrogens with zero attached hydrogens (tertiary/aromatic N) is 1. The van der Waals surface area contributed by atoms with Crippen molar-refractivity contribution in [2.75, 3.05) is 40.9 Å². The van der Waals surface area contributed by atoms with Gasteiger partial charge >= 0.3 is 7.82 Å². The first-order chi connectivity index (χ1) is 40.0. The molecule has 8 nitrogen and oxygen atoms in total. The molecule has 470 valence electrons. The van der Waals surface area contributed by atoms with Gasteiger partial charge < -0.3 is 19.8 Å². The highest BCUT2D eigenvalue weighted by Crippen LogP contribution is 2.43. The first-order valence-corrected chi connectivity index (χ1v) is 35.1. The van der Waals surface area contributed by atoms with Gasteiger partial charge in [0.05, 0.1) is 39.9 Å². The predicted octanol–water partition coefficient (Wildman–Crippen LogP) is 21.4. The Hall–Kier alpha value is -3.36. The Bertz CT molecular complexity index is 1800. The maximum absolute atomic E-state index is 13.0. The van der Waals surface area contributed by atoms with Crippen LogP contribution in [0.15, 0.2) is 134 Å². The number of aliphatic hydroxyl groups excluding tert-OH is 1. The Morgan fingerprint density at radius 1 is 0.427 bits per heavy atom. The SMILES string of the molecule is CC/C=C\C/C=C\C/C=C\C/C=C\C/C=C\C/C=C\C/C=C\C/C=C\C/C=C\C/C=C\CCCCCCC(=O)NC(COP(=O)(O)OCC[N+](C)(C)C)C(O)/C=C/CCCCCCCCCCCCCCCCCCCCCCCCC. The van der Waals surface area contributed by atoms with Crippen molar-refractivity contribution in [3.05, 3.63) is 134 Å². The largest absolute Gasteiger partial charge is 0.472 e. The van der Waals surface area contributed by atoms with Crippen molar-refractivity contribution in [1.82, 2.24) is 5.32 Å². The van der Waals surface area contributed by atoms with Crippen LogP contribution >= 0.6 is 7.82 Å². The molecule has 0 saturated carbocycles. The molecule has 0 aliphatic carbocycles. The number of hydrogen-bond acceptors (Lipinski definition) is 5. The minimum Gasteiger partial charge on any atom is -0.387 e. The quantitative estimate of drug-likeness (QED) is 0.0243. The Balaban J connectivity index is 4.24. The maximum Gasteiger partial charge on any atom is 0.472 e. The normalized spacial score (nSPS) is 14.6. The van der Waals surface area contributed by atoms with Crippen LogP contribution in [0.5, 0.6) is 0 Å². The van der Waals surface area contributed by atoms with E-state index < -0.39 is 20.0 Å². The van der Waals surface area contributed by atoms with Crippen LogP contribution in [0.1, 0.15) is 271 Å².